The molecule has 3 saturated carbocycles. The molecule has 6 atom stereocenters. The van der Waals surface area contributed by atoms with Crippen LogP contribution in [0.4, 0.5) is 22.0 Å². The summed E-state index contributed by atoms with van der Waals surface area (Å²) < 4.78 is 89.3. The number of alkyl halides is 5. The first-order valence-electron chi connectivity index (χ1n) is 15.4. The standard InChI is InChI=1S/C33H41F5O6/c1-27(2)17-43-30(44-18-27)13-10-24-25-21(9-12-29(24,40)16-30)23-11-14-31(41,32(34,35)33(36,37)38)28(23,3)15-22(25)19-5-7-20(8-6-19)26(39)42-4/h5-8,21-23,40-41H,9-18H2,1-4H3/t21-,22+,23-,28-,29+,31-/m0/s1. The van der Waals surface area contributed by atoms with Gasteiger partial charge in [0.15, 0.2) is 5.79 Å². The summed E-state index contributed by atoms with van der Waals surface area (Å²) in [7, 11) is 1.25. The Morgan fingerprint density at radius 2 is 1.59 bits per heavy atom. The lowest BCUT2D eigenvalue weighted by atomic mass is 9.49. The number of rotatable bonds is 3. The Labute approximate surface area is 253 Å². The lowest BCUT2D eigenvalue weighted by Crippen LogP contribution is -2.65. The summed E-state index contributed by atoms with van der Waals surface area (Å²) in [6.07, 6.45) is -5.02. The number of benzene rings is 1. The molecule has 6 rings (SSSR count). The molecule has 1 aliphatic heterocycles. The maximum absolute atomic E-state index is 15.3. The van der Waals surface area contributed by atoms with E-state index >= 15 is 8.78 Å². The molecule has 44 heavy (non-hydrogen) atoms. The monoisotopic (exact) mass is 628 g/mol. The van der Waals surface area contributed by atoms with Gasteiger partial charge in [-0.25, -0.2) is 4.79 Å². The summed E-state index contributed by atoms with van der Waals surface area (Å²) in [5.74, 6) is -8.55. The van der Waals surface area contributed by atoms with Crippen LogP contribution in [0.2, 0.25) is 0 Å². The highest BCUT2D eigenvalue weighted by Crippen LogP contribution is 2.71. The highest BCUT2D eigenvalue weighted by Gasteiger charge is 2.79. The van der Waals surface area contributed by atoms with Crippen LogP contribution >= 0.6 is 0 Å². The third-order valence-electron chi connectivity index (χ3n) is 11.6. The van der Waals surface area contributed by atoms with Crippen molar-refractivity contribution in [3.05, 3.63) is 46.5 Å². The predicted molar refractivity (Wildman–Crippen MR) is 149 cm³/mol. The lowest BCUT2D eigenvalue weighted by molar-refractivity contribution is -0.362. The number of allylic oxidation sites excluding steroid dienone is 1. The van der Waals surface area contributed by atoms with Gasteiger partial charge in [-0.15, -0.1) is 0 Å². The molecule has 1 saturated heterocycles. The average molecular weight is 629 g/mol. The Hall–Kier alpha value is -2.08. The Balaban J connectivity index is 1.46. The van der Waals surface area contributed by atoms with E-state index in [2.05, 4.69) is 0 Å². The first-order chi connectivity index (χ1) is 20.3. The van der Waals surface area contributed by atoms with Gasteiger partial charge in [0.05, 0.1) is 31.5 Å². The number of carbonyl (C=O) groups is 1. The van der Waals surface area contributed by atoms with Crippen molar-refractivity contribution < 1.29 is 51.2 Å². The van der Waals surface area contributed by atoms with E-state index in [9.17, 15) is 28.2 Å². The van der Waals surface area contributed by atoms with Gasteiger partial charge in [0, 0.05) is 29.6 Å². The zero-order valence-electron chi connectivity index (χ0n) is 25.5. The molecule has 1 heterocycles. The normalized spacial score (nSPS) is 38.1. The van der Waals surface area contributed by atoms with E-state index in [4.69, 9.17) is 14.2 Å². The maximum atomic E-state index is 15.3. The third kappa shape index (κ3) is 4.50. The SMILES string of the molecule is COC(=O)c1ccc([C@H]2C[C@@]3(C)[C@@H](CC[C@@]3(O)C(F)(F)C(F)(F)F)[C@@H]3CC[C@@]4(O)CC5(CCC4=C32)OCC(C)(C)CO5)cc1. The van der Waals surface area contributed by atoms with Crippen LogP contribution in [-0.2, 0) is 14.2 Å². The number of esters is 1. The number of hydrogen-bond acceptors (Lipinski definition) is 6. The van der Waals surface area contributed by atoms with Crippen LogP contribution in [0.15, 0.2) is 35.4 Å². The molecule has 1 aromatic rings. The molecule has 6 nitrogen and oxygen atoms in total. The van der Waals surface area contributed by atoms with Crippen molar-refractivity contribution in [3.8, 4) is 0 Å². The van der Waals surface area contributed by atoms with Crippen molar-refractivity contribution in [2.24, 2.45) is 22.7 Å². The molecule has 0 radical (unpaired) electrons. The first kappa shape index (κ1) is 31.9. The summed E-state index contributed by atoms with van der Waals surface area (Å²) in [5, 5.41) is 23.7. The second-order valence-electron chi connectivity index (χ2n) is 14.8. The topological polar surface area (TPSA) is 85.2 Å². The second-order valence-corrected chi connectivity index (χ2v) is 14.8. The highest BCUT2D eigenvalue weighted by molar-refractivity contribution is 5.89. The summed E-state index contributed by atoms with van der Waals surface area (Å²) in [6, 6.07) is 6.40. The van der Waals surface area contributed by atoms with Crippen LogP contribution in [0.1, 0.15) is 94.0 Å². The predicted octanol–water partition coefficient (Wildman–Crippen LogP) is 6.70. The lowest BCUT2D eigenvalue weighted by Gasteiger charge is -2.59. The zero-order valence-corrected chi connectivity index (χ0v) is 25.5. The number of carbonyl (C=O) groups excluding carboxylic acids is 1. The molecule has 0 amide bonds. The van der Waals surface area contributed by atoms with Crippen molar-refractivity contribution in [2.45, 2.75) is 107 Å². The number of hydrogen-bond donors (Lipinski definition) is 2. The minimum Gasteiger partial charge on any atom is -0.465 e. The second kappa shape index (κ2) is 9.96. The van der Waals surface area contributed by atoms with E-state index in [1.54, 1.807) is 12.1 Å². The summed E-state index contributed by atoms with van der Waals surface area (Å²) in [4.78, 5) is 12.1. The largest absolute Gasteiger partial charge is 0.465 e. The zero-order chi connectivity index (χ0) is 32.1. The van der Waals surface area contributed by atoms with Gasteiger partial charge in [-0.2, -0.15) is 22.0 Å². The van der Waals surface area contributed by atoms with E-state index in [1.165, 1.54) is 26.2 Å². The number of aliphatic hydroxyl groups is 2. The highest BCUT2D eigenvalue weighted by atomic mass is 19.4. The van der Waals surface area contributed by atoms with E-state index in [0.717, 1.165) is 11.1 Å². The first-order valence-corrected chi connectivity index (χ1v) is 15.4. The van der Waals surface area contributed by atoms with Gasteiger partial charge in [-0.05, 0) is 73.6 Å². The van der Waals surface area contributed by atoms with Crippen LogP contribution in [-0.4, -0.2) is 65.6 Å². The van der Waals surface area contributed by atoms with Gasteiger partial charge in [0.25, 0.3) is 0 Å². The van der Waals surface area contributed by atoms with Crippen molar-refractivity contribution in [3.63, 3.8) is 0 Å². The van der Waals surface area contributed by atoms with Crippen LogP contribution in [0.3, 0.4) is 0 Å². The number of methoxy groups -OCH3 is 1. The fourth-order valence-electron chi connectivity index (χ4n) is 9.28. The molecular formula is C33H41F5O6. The number of fused-ring (bicyclic) bond motifs is 4. The third-order valence-corrected chi connectivity index (χ3v) is 11.6. The Bertz CT molecular complexity index is 1350. The molecule has 0 bridgehead atoms. The van der Waals surface area contributed by atoms with Crippen molar-refractivity contribution >= 4 is 5.97 Å². The molecule has 0 aromatic heterocycles. The van der Waals surface area contributed by atoms with Gasteiger partial charge < -0.3 is 24.4 Å². The Kier molecular flexibility index (Phi) is 7.22. The maximum Gasteiger partial charge on any atom is 0.456 e. The van der Waals surface area contributed by atoms with Crippen molar-refractivity contribution in [1.82, 2.24) is 0 Å². The van der Waals surface area contributed by atoms with Gasteiger partial charge >= 0.3 is 18.1 Å². The molecule has 0 unspecified atom stereocenters. The van der Waals surface area contributed by atoms with Crippen molar-refractivity contribution in [2.75, 3.05) is 20.3 Å². The summed E-state index contributed by atoms with van der Waals surface area (Å²) in [5.41, 5.74) is -4.03. The quantitative estimate of drug-likeness (QED) is 0.220. The van der Waals surface area contributed by atoms with Crippen LogP contribution < -0.4 is 0 Å². The molecule has 4 aliphatic carbocycles. The molecule has 244 valence electrons. The summed E-state index contributed by atoms with van der Waals surface area (Å²) >= 11 is 0. The van der Waals surface area contributed by atoms with Gasteiger partial charge in [0.1, 0.15) is 5.60 Å². The minimum absolute atomic E-state index is 0.0117. The molecule has 1 spiro atoms. The molecule has 5 aliphatic rings. The Morgan fingerprint density at radius 3 is 2.18 bits per heavy atom. The van der Waals surface area contributed by atoms with Gasteiger partial charge in [0.2, 0.25) is 0 Å². The molecule has 11 heteroatoms. The van der Waals surface area contributed by atoms with Crippen LogP contribution in [0, 0.1) is 22.7 Å². The van der Waals surface area contributed by atoms with E-state index in [1.807, 2.05) is 13.8 Å². The fraction of sp³-hybridized carbons (Fsp3) is 0.727. The van der Waals surface area contributed by atoms with E-state index in [-0.39, 0.29) is 36.7 Å². The Morgan fingerprint density at radius 1 is 0.955 bits per heavy atom. The average Bonchev–Trinajstić information content (AvgIpc) is 3.24. The van der Waals surface area contributed by atoms with E-state index in [0.29, 0.717) is 38.0 Å². The number of ether oxygens (including phenoxy) is 3. The van der Waals surface area contributed by atoms with Crippen molar-refractivity contribution in [1.29, 1.82) is 0 Å². The summed E-state index contributed by atoms with van der Waals surface area (Å²) in [6.45, 7) is 6.40. The minimum atomic E-state index is -5.92. The van der Waals surface area contributed by atoms with Gasteiger partial charge in [-0.3, -0.25) is 0 Å². The molecule has 4 fully saturated rings. The molecule has 1 aromatic carbocycles. The van der Waals surface area contributed by atoms with Crippen LogP contribution in [0.25, 0.3) is 0 Å². The molecule has 2 N–H and O–H groups in total. The smallest absolute Gasteiger partial charge is 0.456 e. The fourth-order valence-corrected chi connectivity index (χ4v) is 9.28. The van der Waals surface area contributed by atoms with E-state index < -0.39 is 64.6 Å². The molecular weight excluding hydrogens is 587 g/mol. The van der Waals surface area contributed by atoms with Crippen LogP contribution in [0.5, 0.6) is 0 Å². The number of halogens is 5. The van der Waals surface area contributed by atoms with Gasteiger partial charge in [-0.1, -0.05) is 38.5 Å².